The topological polar surface area (TPSA) is 20.2 Å². The minimum atomic E-state index is 0.365. The maximum Gasteiger partial charge on any atom is 0.123 e. The average Bonchev–Trinajstić information content (AvgIpc) is 2.46. The van der Waals surface area contributed by atoms with E-state index in [-0.39, 0.29) is 0 Å². The summed E-state index contributed by atoms with van der Waals surface area (Å²) in [5.41, 5.74) is 1.39. The monoisotopic (exact) mass is 260 g/mol. The van der Waals surface area contributed by atoms with E-state index in [0.717, 1.165) is 18.2 Å². The van der Waals surface area contributed by atoms with Crippen LogP contribution in [-0.2, 0) is 6.42 Å². The predicted octanol–water partition coefficient (Wildman–Crippen LogP) is 5.24. The number of rotatable bonds is 2. The van der Waals surface area contributed by atoms with Crippen LogP contribution in [0.5, 0.6) is 5.75 Å². The molecule has 0 atom stereocenters. The first-order valence-corrected chi connectivity index (χ1v) is 7.17. The summed E-state index contributed by atoms with van der Waals surface area (Å²) in [6.07, 6.45) is 2.27. The van der Waals surface area contributed by atoms with Crippen LogP contribution in [0.25, 0.3) is 32.3 Å². The van der Waals surface area contributed by atoms with Gasteiger partial charge < -0.3 is 5.11 Å². The second-order valence-corrected chi connectivity index (χ2v) is 5.53. The van der Waals surface area contributed by atoms with Gasteiger partial charge in [-0.05, 0) is 39.6 Å². The van der Waals surface area contributed by atoms with Crippen molar-refractivity contribution in [3.63, 3.8) is 0 Å². The molecule has 1 heteroatoms. The molecule has 0 fully saturated rings. The predicted molar refractivity (Wildman–Crippen MR) is 85.8 cm³/mol. The average molecular weight is 260 g/mol. The van der Waals surface area contributed by atoms with E-state index >= 15 is 0 Å². The van der Waals surface area contributed by atoms with Gasteiger partial charge in [-0.15, -0.1) is 0 Å². The third-order valence-electron chi connectivity index (χ3n) is 4.17. The Morgan fingerprint density at radius 3 is 2.20 bits per heavy atom. The van der Waals surface area contributed by atoms with E-state index < -0.39 is 0 Å². The van der Waals surface area contributed by atoms with Gasteiger partial charge >= 0.3 is 0 Å². The lowest BCUT2D eigenvalue weighted by molar-refractivity contribution is 0.482. The van der Waals surface area contributed by atoms with Gasteiger partial charge in [0.25, 0.3) is 0 Å². The van der Waals surface area contributed by atoms with Gasteiger partial charge in [-0.3, -0.25) is 0 Å². The molecule has 0 radical (unpaired) electrons. The molecule has 4 rings (SSSR count). The molecule has 0 bridgehead atoms. The van der Waals surface area contributed by atoms with Crippen molar-refractivity contribution in [2.75, 3.05) is 0 Å². The molecule has 0 heterocycles. The molecule has 0 aromatic heterocycles. The molecule has 1 nitrogen and oxygen atoms in total. The van der Waals surface area contributed by atoms with Crippen LogP contribution in [-0.4, -0.2) is 5.11 Å². The summed E-state index contributed by atoms with van der Waals surface area (Å²) in [5, 5.41) is 17.2. The Bertz CT molecular complexity index is 902. The van der Waals surface area contributed by atoms with Gasteiger partial charge in [-0.1, -0.05) is 55.8 Å². The fourth-order valence-electron chi connectivity index (χ4n) is 3.30. The largest absolute Gasteiger partial charge is 0.507 e. The summed E-state index contributed by atoms with van der Waals surface area (Å²) in [4.78, 5) is 0. The maximum absolute atomic E-state index is 10.1. The van der Waals surface area contributed by atoms with Crippen LogP contribution in [0.1, 0.15) is 18.9 Å². The Labute approximate surface area is 117 Å². The van der Waals surface area contributed by atoms with Crippen LogP contribution in [0.15, 0.2) is 48.5 Å². The van der Waals surface area contributed by atoms with Crippen molar-refractivity contribution in [3.05, 3.63) is 54.1 Å². The smallest absolute Gasteiger partial charge is 0.123 e. The first-order valence-electron chi connectivity index (χ1n) is 7.17. The Kier molecular flexibility index (Phi) is 2.37. The van der Waals surface area contributed by atoms with Crippen molar-refractivity contribution in [3.8, 4) is 5.75 Å². The summed E-state index contributed by atoms with van der Waals surface area (Å²) in [7, 11) is 0. The Hall–Kier alpha value is -2.28. The highest BCUT2D eigenvalue weighted by molar-refractivity contribution is 6.24. The van der Waals surface area contributed by atoms with Crippen LogP contribution in [0.2, 0.25) is 0 Å². The highest BCUT2D eigenvalue weighted by atomic mass is 16.3. The summed E-state index contributed by atoms with van der Waals surface area (Å²) in [5.74, 6) is 0.365. The fourth-order valence-corrected chi connectivity index (χ4v) is 3.30. The van der Waals surface area contributed by atoms with Crippen LogP contribution in [0.4, 0.5) is 0 Å². The Morgan fingerprint density at radius 2 is 1.45 bits per heavy atom. The van der Waals surface area contributed by atoms with E-state index in [1.165, 1.54) is 32.5 Å². The molecule has 0 amide bonds. The Morgan fingerprint density at radius 1 is 0.800 bits per heavy atom. The number of phenolic OH excluding ortho intramolecular Hbond substituents is 1. The van der Waals surface area contributed by atoms with E-state index in [9.17, 15) is 5.11 Å². The molecule has 98 valence electrons. The lowest BCUT2D eigenvalue weighted by Crippen LogP contribution is -1.88. The van der Waals surface area contributed by atoms with Gasteiger partial charge in [0, 0.05) is 10.8 Å². The molecule has 0 spiro atoms. The molecule has 20 heavy (non-hydrogen) atoms. The van der Waals surface area contributed by atoms with Gasteiger partial charge in [-0.2, -0.15) is 0 Å². The third kappa shape index (κ3) is 1.50. The van der Waals surface area contributed by atoms with Crippen molar-refractivity contribution in [2.24, 2.45) is 0 Å². The molecule has 0 unspecified atom stereocenters. The van der Waals surface area contributed by atoms with Gasteiger partial charge in [0.1, 0.15) is 5.75 Å². The number of aromatic hydroxyl groups is 1. The lowest BCUT2D eigenvalue weighted by atomic mass is 9.92. The number of hydrogen-bond acceptors (Lipinski definition) is 1. The molecule has 4 aromatic rings. The number of benzene rings is 4. The lowest BCUT2D eigenvalue weighted by Gasteiger charge is -2.13. The summed E-state index contributed by atoms with van der Waals surface area (Å²) in [6, 6.07) is 16.9. The van der Waals surface area contributed by atoms with Crippen molar-refractivity contribution in [2.45, 2.75) is 19.8 Å². The minimum absolute atomic E-state index is 0.365. The Balaban J connectivity index is 2.22. The molecule has 0 saturated heterocycles. The highest BCUT2D eigenvalue weighted by Gasteiger charge is 2.11. The second-order valence-electron chi connectivity index (χ2n) is 5.53. The fraction of sp³-hybridized carbons (Fsp3) is 0.158. The van der Waals surface area contributed by atoms with Gasteiger partial charge in [0.2, 0.25) is 0 Å². The zero-order chi connectivity index (χ0) is 13.7. The quantitative estimate of drug-likeness (QED) is 0.488. The summed E-state index contributed by atoms with van der Waals surface area (Å²) < 4.78 is 0. The standard InChI is InChI=1S/C19H16O/c1-2-3-12-10-14-5-4-13-7-9-17(20)16-8-6-15(11-12)18(14)19(13)16/h4-11,20H,2-3H2,1H3. The molecule has 1 N–H and O–H groups in total. The first-order chi connectivity index (χ1) is 9.78. The maximum atomic E-state index is 10.1. The van der Waals surface area contributed by atoms with Crippen molar-refractivity contribution < 1.29 is 5.11 Å². The molecule has 0 aliphatic rings. The van der Waals surface area contributed by atoms with Crippen molar-refractivity contribution in [1.82, 2.24) is 0 Å². The molecular formula is C19H16O. The van der Waals surface area contributed by atoms with E-state index in [0.29, 0.717) is 5.75 Å². The van der Waals surface area contributed by atoms with Gasteiger partial charge in [-0.25, -0.2) is 0 Å². The first kappa shape index (κ1) is 11.5. The zero-order valence-corrected chi connectivity index (χ0v) is 11.5. The normalized spacial score (nSPS) is 11.8. The number of phenols is 1. The van der Waals surface area contributed by atoms with Crippen LogP contribution < -0.4 is 0 Å². The highest BCUT2D eigenvalue weighted by Crippen LogP contribution is 2.38. The third-order valence-corrected chi connectivity index (χ3v) is 4.17. The van der Waals surface area contributed by atoms with Crippen LogP contribution >= 0.6 is 0 Å². The van der Waals surface area contributed by atoms with Gasteiger partial charge in [0.15, 0.2) is 0 Å². The van der Waals surface area contributed by atoms with Crippen molar-refractivity contribution in [1.29, 1.82) is 0 Å². The van der Waals surface area contributed by atoms with Crippen LogP contribution in [0, 0.1) is 0 Å². The number of aryl methyl sites for hydroxylation is 1. The summed E-state index contributed by atoms with van der Waals surface area (Å²) in [6.45, 7) is 2.21. The van der Waals surface area contributed by atoms with Crippen LogP contribution in [0.3, 0.4) is 0 Å². The SMILES string of the molecule is CCCc1cc2ccc3ccc(O)c4ccc(c1)c2c34. The number of hydrogen-bond donors (Lipinski definition) is 1. The zero-order valence-electron chi connectivity index (χ0n) is 11.5. The summed E-state index contributed by atoms with van der Waals surface area (Å²) >= 11 is 0. The van der Waals surface area contributed by atoms with E-state index in [4.69, 9.17) is 0 Å². The molecule has 4 aromatic carbocycles. The van der Waals surface area contributed by atoms with E-state index in [1.807, 2.05) is 12.1 Å². The van der Waals surface area contributed by atoms with Crippen molar-refractivity contribution >= 4 is 32.3 Å². The minimum Gasteiger partial charge on any atom is -0.507 e. The second kappa shape index (κ2) is 4.11. The van der Waals surface area contributed by atoms with Gasteiger partial charge in [0.05, 0.1) is 0 Å². The van der Waals surface area contributed by atoms with E-state index in [2.05, 4.69) is 37.3 Å². The molecule has 0 saturated carbocycles. The molecular weight excluding hydrogens is 244 g/mol. The van der Waals surface area contributed by atoms with E-state index in [1.54, 1.807) is 6.07 Å². The molecule has 0 aliphatic heterocycles. The molecule has 0 aliphatic carbocycles.